The van der Waals surface area contributed by atoms with Gasteiger partial charge in [-0.1, -0.05) is 43.2 Å². The van der Waals surface area contributed by atoms with Gasteiger partial charge in [-0.2, -0.15) is 0 Å². The van der Waals surface area contributed by atoms with E-state index in [2.05, 4.69) is 20.9 Å². The molecule has 1 aromatic carbocycles. The number of nitrogens with one attached hydrogen (secondary N) is 3. The number of nitrogens with zero attached hydrogens (tertiary/aromatic N) is 1. The number of hydrogen-bond acceptors (Lipinski definition) is 3. The highest BCUT2D eigenvalue weighted by Crippen LogP contribution is 2.40. The zero-order chi connectivity index (χ0) is 20.1. The Morgan fingerprint density at radius 3 is 2.57 bits per heavy atom. The molecule has 2 rings (SSSR count). The molecule has 3 N–H and O–H groups in total. The zero-order valence-corrected chi connectivity index (χ0v) is 17.4. The van der Waals surface area contributed by atoms with Gasteiger partial charge in [-0.25, -0.2) is 0 Å². The summed E-state index contributed by atoms with van der Waals surface area (Å²) in [6.45, 7) is 5.67. The molecule has 0 atom stereocenters. The topological polar surface area (TPSA) is 74.8 Å². The molecule has 0 heterocycles. The fourth-order valence-electron chi connectivity index (χ4n) is 3.74. The molecule has 1 aliphatic carbocycles. The lowest BCUT2D eigenvalue weighted by atomic mass is 9.83. The molecular weight excluding hydrogens is 352 g/mol. The minimum absolute atomic E-state index is 0.0378. The maximum absolute atomic E-state index is 12.0. The summed E-state index contributed by atoms with van der Waals surface area (Å²) in [6.07, 6.45) is 6.58. The van der Waals surface area contributed by atoms with E-state index in [1.165, 1.54) is 25.7 Å². The van der Waals surface area contributed by atoms with Gasteiger partial charge in [-0.3, -0.25) is 9.79 Å². The normalized spacial score (nSPS) is 16.0. The summed E-state index contributed by atoms with van der Waals surface area (Å²) in [5.74, 6) is 0.800. The molecule has 0 unspecified atom stereocenters. The van der Waals surface area contributed by atoms with Crippen LogP contribution in [0.15, 0.2) is 35.3 Å². The Bertz CT molecular complexity index is 598. The van der Waals surface area contributed by atoms with Crippen molar-refractivity contribution in [3.63, 3.8) is 0 Å². The number of ether oxygens (including phenoxy) is 1. The first-order valence-corrected chi connectivity index (χ1v) is 10.5. The Balaban J connectivity index is 1.66. The first kappa shape index (κ1) is 22.2. The molecule has 0 aliphatic heterocycles. The van der Waals surface area contributed by atoms with Gasteiger partial charge in [0.15, 0.2) is 5.96 Å². The highest BCUT2D eigenvalue weighted by Gasteiger charge is 2.33. The summed E-state index contributed by atoms with van der Waals surface area (Å²) in [6, 6.07) is 9.94. The number of rotatable bonds is 11. The van der Waals surface area contributed by atoms with E-state index in [9.17, 15) is 4.79 Å². The minimum Gasteiger partial charge on any atom is -0.382 e. The number of guanidine groups is 1. The van der Waals surface area contributed by atoms with Gasteiger partial charge >= 0.3 is 0 Å². The van der Waals surface area contributed by atoms with Gasteiger partial charge in [0.05, 0.1) is 0 Å². The van der Waals surface area contributed by atoms with Crippen molar-refractivity contribution in [2.24, 2.45) is 10.4 Å². The second-order valence-corrected chi connectivity index (χ2v) is 7.52. The Morgan fingerprint density at radius 2 is 1.89 bits per heavy atom. The van der Waals surface area contributed by atoms with E-state index < -0.39 is 0 Å². The number of aliphatic imine (C=N–C) groups is 1. The van der Waals surface area contributed by atoms with Crippen LogP contribution in [0.2, 0.25) is 0 Å². The van der Waals surface area contributed by atoms with Crippen LogP contribution in [0.25, 0.3) is 0 Å². The second-order valence-electron chi connectivity index (χ2n) is 7.52. The van der Waals surface area contributed by atoms with Crippen molar-refractivity contribution in [1.29, 1.82) is 0 Å². The highest BCUT2D eigenvalue weighted by atomic mass is 16.5. The van der Waals surface area contributed by atoms with E-state index in [1.54, 1.807) is 7.05 Å². The highest BCUT2D eigenvalue weighted by molar-refractivity contribution is 5.81. The maximum Gasteiger partial charge on any atom is 0.222 e. The zero-order valence-electron chi connectivity index (χ0n) is 17.4. The molecule has 6 heteroatoms. The Hall–Kier alpha value is -2.08. The van der Waals surface area contributed by atoms with Gasteiger partial charge in [0.25, 0.3) is 0 Å². The lowest BCUT2D eigenvalue weighted by Crippen LogP contribution is -2.44. The molecule has 0 spiro atoms. The molecule has 0 aromatic heterocycles. The van der Waals surface area contributed by atoms with E-state index in [1.807, 2.05) is 37.3 Å². The molecule has 156 valence electrons. The summed E-state index contributed by atoms with van der Waals surface area (Å²) < 4.78 is 5.58. The van der Waals surface area contributed by atoms with Crippen LogP contribution < -0.4 is 16.0 Å². The largest absolute Gasteiger partial charge is 0.382 e. The number of benzene rings is 1. The number of carbonyl (C=O) groups is 1. The smallest absolute Gasteiger partial charge is 0.222 e. The average Bonchev–Trinajstić information content (AvgIpc) is 3.19. The van der Waals surface area contributed by atoms with Gasteiger partial charge in [-0.15, -0.1) is 0 Å². The second kappa shape index (κ2) is 12.4. The van der Waals surface area contributed by atoms with Crippen molar-refractivity contribution in [2.75, 3.05) is 33.4 Å². The standard InChI is InChI=1S/C22H36N4O2/c1-3-28-16-14-22(12-7-8-13-22)18-26-21(23-2)24-15-11-20(27)25-17-19-9-5-4-6-10-19/h4-6,9-10H,3,7-8,11-18H2,1-2H3,(H,25,27)(H2,23,24,26). The van der Waals surface area contributed by atoms with Gasteiger partial charge in [0.2, 0.25) is 5.91 Å². The van der Waals surface area contributed by atoms with Crippen LogP contribution in [0.3, 0.4) is 0 Å². The quantitative estimate of drug-likeness (QED) is 0.310. The van der Waals surface area contributed by atoms with E-state index in [0.29, 0.717) is 24.9 Å². The molecule has 1 aromatic rings. The van der Waals surface area contributed by atoms with Crippen LogP contribution >= 0.6 is 0 Å². The number of carbonyl (C=O) groups excluding carboxylic acids is 1. The first-order valence-electron chi connectivity index (χ1n) is 10.5. The molecule has 6 nitrogen and oxygen atoms in total. The SMILES string of the molecule is CCOCCC1(CNC(=NC)NCCC(=O)NCc2ccccc2)CCCC1. The molecule has 1 fully saturated rings. The summed E-state index contributed by atoms with van der Waals surface area (Å²) in [7, 11) is 1.77. The Morgan fingerprint density at radius 1 is 1.14 bits per heavy atom. The summed E-state index contributed by atoms with van der Waals surface area (Å²) in [5, 5.41) is 9.67. The number of hydrogen-bond donors (Lipinski definition) is 3. The third-order valence-corrected chi connectivity index (χ3v) is 5.48. The van der Waals surface area contributed by atoms with Gasteiger partial charge < -0.3 is 20.7 Å². The van der Waals surface area contributed by atoms with Gasteiger partial charge in [-0.05, 0) is 37.2 Å². The summed E-state index contributed by atoms with van der Waals surface area (Å²) >= 11 is 0. The van der Waals surface area contributed by atoms with Crippen LogP contribution in [-0.2, 0) is 16.1 Å². The average molecular weight is 389 g/mol. The van der Waals surface area contributed by atoms with Crippen LogP contribution in [0.5, 0.6) is 0 Å². The van der Waals surface area contributed by atoms with E-state index in [0.717, 1.165) is 37.7 Å². The van der Waals surface area contributed by atoms with Crippen LogP contribution in [0.4, 0.5) is 0 Å². The van der Waals surface area contributed by atoms with Crippen LogP contribution in [0.1, 0.15) is 51.0 Å². The fourth-order valence-corrected chi connectivity index (χ4v) is 3.74. The number of amides is 1. The van der Waals surface area contributed by atoms with Crippen molar-refractivity contribution >= 4 is 11.9 Å². The molecule has 1 saturated carbocycles. The minimum atomic E-state index is 0.0378. The molecule has 0 radical (unpaired) electrons. The third kappa shape index (κ3) is 7.89. The molecule has 0 bridgehead atoms. The summed E-state index contributed by atoms with van der Waals surface area (Å²) in [5.41, 5.74) is 1.41. The van der Waals surface area contributed by atoms with Crippen molar-refractivity contribution < 1.29 is 9.53 Å². The first-order chi connectivity index (χ1) is 13.7. The van der Waals surface area contributed by atoms with Crippen molar-refractivity contribution in [3.8, 4) is 0 Å². The van der Waals surface area contributed by atoms with Gasteiger partial charge in [0, 0.05) is 46.3 Å². The van der Waals surface area contributed by atoms with Crippen molar-refractivity contribution in [3.05, 3.63) is 35.9 Å². The molecule has 1 amide bonds. The summed E-state index contributed by atoms with van der Waals surface area (Å²) in [4.78, 5) is 16.3. The monoisotopic (exact) mass is 388 g/mol. The molecule has 28 heavy (non-hydrogen) atoms. The molecule has 1 aliphatic rings. The molecule has 0 saturated heterocycles. The van der Waals surface area contributed by atoms with E-state index in [4.69, 9.17) is 4.74 Å². The van der Waals surface area contributed by atoms with Crippen molar-refractivity contribution in [2.45, 2.75) is 52.0 Å². The molecular formula is C22H36N4O2. The lowest BCUT2D eigenvalue weighted by Gasteiger charge is -2.30. The predicted molar refractivity (Wildman–Crippen MR) is 114 cm³/mol. The lowest BCUT2D eigenvalue weighted by molar-refractivity contribution is -0.121. The van der Waals surface area contributed by atoms with E-state index >= 15 is 0 Å². The van der Waals surface area contributed by atoms with E-state index in [-0.39, 0.29) is 5.91 Å². The predicted octanol–water partition coefficient (Wildman–Crippen LogP) is 2.84. The maximum atomic E-state index is 12.0. The fraction of sp³-hybridized carbons (Fsp3) is 0.636. The third-order valence-electron chi connectivity index (χ3n) is 5.48. The van der Waals surface area contributed by atoms with Crippen LogP contribution in [0, 0.1) is 5.41 Å². The van der Waals surface area contributed by atoms with Gasteiger partial charge in [0.1, 0.15) is 0 Å². The van der Waals surface area contributed by atoms with Crippen molar-refractivity contribution in [1.82, 2.24) is 16.0 Å². The Kier molecular flexibility index (Phi) is 9.83. The van der Waals surface area contributed by atoms with Crippen LogP contribution in [-0.4, -0.2) is 45.2 Å². The Labute approximate surface area is 169 Å².